The van der Waals surface area contributed by atoms with E-state index in [4.69, 9.17) is 14.2 Å². The number of benzene rings is 2. The Morgan fingerprint density at radius 3 is 1.88 bits per heavy atom. The highest BCUT2D eigenvalue weighted by Crippen LogP contribution is 2.18. The first-order chi connectivity index (χ1) is 12.1. The number of hydrogen-bond acceptors (Lipinski definition) is 5. The van der Waals surface area contributed by atoms with Crippen LogP contribution in [0.15, 0.2) is 54.6 Å². The van der Waals surface area contributed by atoms with Crippen LogP contribution in [0.3, 0.4) is 0 Å². The second kappa shape index (κ2) is 10.6. The van der Waals surface area contributed by atoms with Crippen molar-refractivity contribution >= 4 is 0 Å². The van der Waals surface area contributed by atoms with E-state index in [2.05, 4.69) is 5.32 Å². The molecule has 0 spiro atoms. The summed E-state index contributed by atoms with van der Waals surface area (Å²) in [6.07, 6.45) is -0.534. The first-order valence-corrected chi connectivity index (χ1v) is 8.58. The third-order valence-electron chi connectivity index (χ3n) is 3.39. The van der Waals surface area contributed by atoms with Crippen molar-refractivity contribution in [2.75, 3.05) is 26.4 Å². The number of ether oxygens (including phenoxy) is 3. The lowest BCUT2D eigenvalue weighted by atomic mass is 10.3. The van der Waals surface area contributed by atoms with Gasteiger partial charge in [0.1, 0.15) is 43.2 Å². The molecule has 0 amide bonds. The standard InChI is InChI=1S/C20H27NO4/c1-16(2)21-14-17(22)15-25-20-10-8-19(9-11-20)24-13-12-23-18-6-4-3-5-7-18/h3-11,16-17,21-22H,12-15H2,1-2H3. The number of para-hydroxylation sites is 1. The van der Waals surface area contributed by atoms with Gasteiger partial charge in [-0.1, -0.05) is 32.0 Å². The molecular formula is C20H27NO4. The molecule has 0 heterocycles. The maximum Gasteiger partial charge on any atom is 0.122 e. The van der Waals surface area contributed by atoms with Crippen LogP contribution >= 0.6 is 0 Å². The molecule has 1 atom stereocenters. The molecule has 1 unspecified atom stereocenters. The van der Waals surface area contributed by atoms with Crippen molar-refractivity contribution in [3.8, 4) is 17.2 Å². The Balaban J connectivity index is 1.64. The summed E-state index contributed by atoms with van der Waals surface area (Å²) in [6, 6.07) is 17.3. The zero-order chi connectivity index (χ0) is 17.9. The van der Waals surface area contributed by atoms with Gasteiger partial charge in [0, 0.05) is 12.6 Å². The Kier molecular flexibility index (Phi) is 8.09. The summed E-state index contributed by atoms with van der Waals surface area (Å²) >= 11 is 0. The van der Waals surface area contributed by atoms with Crippen LogP contribution < -0.4 is 19.5 Å². The molecule has 0 saturated carbocycles. The van der Waals surface area contributed by atoms with E-state index in [1.165, 1.54) is 0 Å². The predicted molar refractivity (Wildman–Crippen MR) is 98.5 cm³/mol. The Morgan fingerprint density at radius 1 is 0.800 bits per heavy atom. The molecule has 0 bridgehead atoms. The number of hydrogen-bond donors (Lipinski definition) is 2. The van der Waals surface area contributed by atoms with Crippen LogP contribution in [0, 0.1) is 0 Å². The number of nitrogens with one attached hydrogen (secondary N) is 1. The SMILES string of the molecule is CC(C)NCC(O)COc1ccc(OCCOc2ccccc2)cc1. The van der Waals surface area contributed by atoms with Gasteiger partial charge in [-0.15, -0.1) is 0 Å². The normalized spacial score (nSPS) is 12.0. The Morgan fingerprint density at radius 2 is 1.32 bits per heavy atom. The summed E-state index contributed by atoms with van der Waals surface area (Å²) in [4.78, 5) is 0. The maximum absolute atomic E-state index is 9.83. The van der Waals surface area contributed by atoms with Crippen LogP contribution in [0.4, 0.5) is 0 Å². The molecule has 2 aromatic carbocycles. The van der Waals surface area contributed by atoms with Gasteiger partial charge in [0.05, 0.1) is 0 Å². The highest BCUT2D eigenvalue weighted by Gasteiger charge is 2.06. The first kappa shape index (κ1) is 19.1. The van der Waals surface area contributed by atoms with Crippen LogP contribution in [-0.2, 0) is 0 Å². The summed E-state index contributed by atoms with van der Waals surface area (Å²) in [5.41, 5.74) is 0. The molecule has 0 saturated heterocycles. The largest absolute Gasteiger partial charge is 0.491 e. The van der Waals surface area contributed by atoms with Crippen LogP contribution in [0.1, 0.15) is 13.8 Å². The summed E-state index contributed by atoms with van der Waals surface area (Å²) in [5.74, 6) is 2.29. The fraction of sp³-hybridized carbons (Fsp3) is 0.400. The summed E-state index contributed by atoms with van der Waals surface area (Å²) in [5, 5.41) is 13.0. The minimum atomic E-state index is -0.534. The average Bonchev–Trinajstić information content (AvgIpc) is 2.63. The topological polar surface area (TPSA) is 60.0 Å². The van der Waals surface area contributed by atoms with Crippen LogP contribution in [0.5, 0.6) is 17.2 Å². The molecule has 0 aliphatic heterocycles. The van der Waals surface area contributed by atoms with Crippen LogP contribution in [0.2, 0.25) is 0 Å². The van der Waals surface area contributed by atoms with E-state index in [-0.39, 0.29) is 6.61 Å². The van der Waals surface area contributed by atoms with Gasteiger partial charge in [0.15, 0.2) is 0 Å². The minimum Gasteiger partial charge on any atom is -0.491 e. The van der Waals surface area contributed by atoms with Crippen molar-refractivity contribution in [3.05, 3.63) is 54.6 Å². The van der Waals surface area contributed by atoms with E-state index >= 15 is 0 Å². The molecule has 5 heteroatoms. The highest BCUT2D eigenvalue weighted by molar-refractivity contribution is 5.31. The first-order valence-electron chi connectivity index (χ1n) is 8.58. The van der Waals surface area contributed by atoms with Gasteiger partial charge in [0.25, 0.3) is 0 Å². The molecule has 25 heavy (non-hydrogen) atoms. The van der Waals surface area contributed by atoms with Gasteiger partial charge in [-0.05, 0) is 36.4 Å². The van der Waals surface area contributed by atoms with Crippen molar-refractivity contribution in [2.24, 2.45) is 0 Å². The van der Waals surface area contributed by atoms with Gasteiger partial charge in [-0.25, -0.2) is 0 Å². The van der Waals surface area contributed by atoms with Crippen molar-refractivity contribution in [2.45, 2.75) is 26.0 Å². The number of aliphatic hydroxyl groups excluding tert-OH is 1. The van der Waals surface area contributed by atoms with Crippen LogP contribution in [0.25, 0.3) is 0 Å². The van der Waals surface area contributed by atoms with Crippen molar-refractivity contribution in [1.29, 1.82) is 0 Å². The lowest BCUT2D eigenvalue weighted by Gasteiger charge is -2.15. The monoisotopic (exact) mass is 345 g/mol. The van der Waals surface area contributed by atoms with E-state index in [0.29, 0.717) is 31.5 Å². The molecule has 5 nitrogen and oxygen atoms in total. The van der Waals surface area contributed by atoms with E-state index in [0.717, 1.165) is 11.5 Å². The quantitative estimate of drug-likeness (QED) is 0.613. The summed E-state index contributed by atoms with van der Waals surface area (Å²) < 4.78 is 16.8. The van der Waals surface area contributed by atoms with E-state index in [1.54, 1.807) is 0 Å². The molecule has 0 fully saturated rings. The van der Waals surface area contributed by atoms with Crippen molar-refractivity contribution in [3.63, 3.8) is 0 Å². The molecule has 2 rings (SSSR count). The summed E-state index contributed by atoms with van der Waals surface area (Å²) in [7, 11) is 0. The Labute approximate surface area is 149 Å². The average molecular weight is 345 g/mol. The molecule has 136 valence electrons. The lowest BCUT2D eigenvalue weighted by Crippen LogP contribution is -2.35. The van der Waals surface area contributed by atoms with Gasteiger partial charge >= 0.3 is 0 Å². The number of rotatable bonds is 11. The minimum absolute atomic E-state index is 0.255. The van der Waals surface area contributed by atoms with Crippen molar-refractivity contribution in [1.82, 2.24) is 5.32 Å². The molecule has 0 radical (unpaired) electrons. The predicted octanol–water partition coefficient (Wildman–Crippen LogP) is 2.88. The van der Waals surface area contributed by atoms with E-state index < -0.39 is 6.10 Å². The lowest BCUT2D eigenvalue weighted by molar-refractivity contribution is 0.104. The smallest absolute Gasteiger partial charge is 0.122 e. The van der Waals surface area contributed by atoms with Crippen LogP contribution in [-0.4, -0.2) is 43.6 Å². The third kappa shape index (κ3) is 7.92. The zero-order valence-corrected chi connectivity index (χ0v) is 14.9. The summed E-state index contributed by atoms with van der Waals surface area (Å²) in [6.45, 7) is 5.80. The van der Waals surface area contributed by atoms with E-state index in [1.807, 2.05) is 68.4 Å². The number of aliphatic hydroxyl groups is 1. The van der Waals surface area contributed by atoms with Gasteiger partial charge in [0.2, 0.25) is 0 Å². The molecule has 0 aliphatic rings. The maximum atomic E-state index is 9.83. The fourth-order valence-corrected chi connectivity index (χ4v) is 2.09. The second-order valence-electron chi connectivity index (χ2n) is 6.01. The van der Waals surface area contributed by atoms with Crippen molar-refractivity contribution < 1.29 is 19.3 Å². The van der Waals surface area contributed by atoms with E-state index in [9.17, 15) is 5.11 Å². The third-order valence-corrected chi connectivity index (χ3v) is 3.39. The molecule has 0 aliphatic carbocycles. The highest BCUT2D eigenvalue weighted by atomic mass is 16.5. The Hall–Kier alpha value is -2.24. The zero-order valence-electron chi connectivity index (χ0n) is 14.9. The molecule has 2 N–H and O–H groups in total. The molecular weight excluding hydrogens is 318 g/mol. The molecule has 0 aromatic heterocycles. The fourth-order valence-electron chi connectivity index (χ4n) is 2.09. The second-order valence-corrected chi connectivity index (χ2v) is 6.01. The molecule has 2 aromatic rings. The van der Waals surface area contributed by atoms with Gasteiger partial charge in [-0.2, -0.15) is 0 Å². The van der Waals surface area contributed by atoms with Gasteiger partial charge in [-0.3, -0.25) is 0 Å². The van der Waals surface area contributed by atoms with Gasteiger partial charge < -0.3 is 24.6 Å². The Bertz CT molecular complexity index is 586.